The lowest BCUT2D eigenvalue weighted by molar-refractivity contribution is 0.313. The standard InChI is InChI=1S/C33H26/c1-3-22-33(23-21-24-13-7-12-20-30(24)33)32(2,25-14-5-4-6-15-25)31-28-18-10-8-16-26(28)27-17-9-11-19-29(27)31/h4-23,31H,1H2,2H3. The molecule has 0 heteroatoms. The molecule has 0 nitrogen and oxygen atoms in total. The molecule has 0 heterocycles. The number of hydrogen-bond acceptors (Lipinski definition) is 0. The fourth-order valence-corrected chi connectivity index (χ4v) is 6.43. The van der Waals surface area contributed by atoms with Crippen molar-refractivity contribution in [3.05, 3.63) is 155 Å². The van der Waals surface area contributed by atoms with E-state index in [2.05, 4.69) is 141 Å². The molecule has 0 bridgehead atoms. The van der Waals surface area contributed by atoms with Gasteiger partial charge in [-0.15, -0.1) is 5.73 Å². The molecule has 0 aromatic heterocycles. The van der Waals surface area contributed by atoms with Gasteiger partial charge in [-0.1, -0.05) is 129 Å². The Hall–Kier alpha value is -3.86. The van der Waals surface area contributed by atoms with Gasteiger partial charge in [0.05, 0.1) is 0 Å². The van der Waals surface area contributed by atoms with Crippen molar-refractivity contribution in [2.45, 2.75) is 23.7 Å². The molecule has 4 aromatic carbocycles. The summed E-state index contributed by atoms with van der Waals surface area (Å²) < 4.78 is 0. The molecular weight excluding hydrogens is 396 g/mol. The van der Waals surface area contributed by atoms with E-state index < -0.39 is 0 Å². The summed E-state index contributed by atoms with van der Waals surface area (Å²) in [4.78, 5) is 0. The number of benzene rings is 4. The molecule has 2 atom stereocenters. The summed E-state index contributed by atoms with van der Waals surface area (Å²) >= 11 is 0. The smallest absolute Gasteiger partial charge is 0.0498 e. The van der Waals surface area contributed by atoms with Gasteiger partial charge in [-0.3, -0.25) is 0 Å². The molecule has 0 radical (unpaired) electrons. The van der Waals surface area contributed by atoms with Crippen LogP contribution in [0.2, 0.25) is 0 Å². The van der Waals surface area contributed by atoms with Gasteiger partial charge in [0.25, 0.3) is 0 Å². The van der Waals surface area contributed by atoms with Crippen molar-refractivity contribution in [2.75, 3.05) is 0 Å². The first-order chi connectivity index (χ1) is 16.2. The minimum absolute atomic E-state index is 0.174. The molecule has 2 aliphatic rings. The first kappa shape index (κ1) is 19.8. The molecule has 0 saturated carbocycles. The maximum Gasteiger partial charge on any atom is 0.0498 e. The number of fused-ring (bicyclic) bond motifs is 4. The second kappa shape index (κ2) is 7.34. The predicted octanol–water partition coefficient (Wildman–Crippen LogP) is 8.06. The van der Waals surface area contributed by atoms with Crippen molar-refractivity contribution in [1.82, 2.24) is 0 Å². The van der Waals surface area contributed by atoms with Crippen LogP contribution in [0.4, 0.5) is 0 Å². The molecule has 0 spiro atoms. The molecule has 158 valence electrons. The molecule has 0 N–H and O–H groups in total. The second-order valence-electron chi connectivity index (χ2n) is 9.31. The second-order valence-corrected chi connectivity index (χ2v) is 9.31. The van der Waals surface area contributed by atoms with E-state index in [1.807, 2.05) is 0 Å². The summed E-state index contributed by atoms with van der Waals surface area (Å²) in [5.74, 6) is 0.174. The minimum atomic E-state index is -0.387. The Bertz CT molecular complexity index is 1390. The number of hydrogen-bond donors (Lipinski definition) is 0. The van der Waals surface area contributed by atoms with Crippen LogP contribution in [0, 0.1) is 0 Å². The summed E-state index contributed by atoms with van der Waals surface area (Å²) in [6, 6.07) is 37.6. The van der Waals surface area contributed by atoms with Crippen molar-refractivity contribution in [1.29, 1.82) is 0 Å². The van der Waals surface area contributed by atoms with Crippen LogP contribution in [0.5, 0.6) is 0 Å². The van der Waals surface area contributed by atoms with E-state index in [-0.39, 0.29) is 16.7 Å². The average Bonchev–Trinajstić information content (AvgIpc) is 3.42. The molecule has 0 aliphatic heterocycles. The van der Waals surface area contributed by atoms with Crippen LogP contribution in [-0.2, 0) is 10.8 Å². The van der Waals surface area contributed by atoms with Gasteiger partial charge >= 0.3 is 0 Å². The van der Waals surface area contributed by atoms with Crippen LogP contribution in [0.1, 0.15) is 40.7 Å². The van der Waals surface area contributed by atoms with Gasteiger partial charge in [0, 0.05) is 16.7 Å². The molecular formula is C33H26. The molecule has 0 fully saturated rings. The summed E-state index contributed by atoms with van der Waals surface area (Å²) in [7, 11) is 0. The number of allylic oxidation sites excluding steroid dienone is 2. The quantitative estimate of drug-likeness (QED) is 0.292. The first-order valence-electron chi connectivity index (χ1n) is 11.6. The van der Waals surface area contributed by atoms with E-state index in [0.717, 1.165) is 0 Å². The highest BCUT2D eigenvalue weighted by Gasteiger charge is 2.56. The van der Waals surface area contributed by atoms with Crippen molar-refractivity contribution in [3.8, 4) is 11.1 Å². The van der Waals surface area contributed by atoms with E-state index in [4.69, 9.17) is 0 Å². The Labute approximate surface area is 196 Å². The molecule has 6 rings (SSSR count). The van der Waals surface area contributed by atoms with E-state index in [1.165, 1.54) is 38.9 Å². The van der Waals surface area contributed by atoms with Crippen LogP contribution < -0.4 is 0 Å². The summed E-state index contributed by atoms with van der Waals surface area (Å²) in [5.41, 5.74) is 11.9. The molecule has 0 amide bonds. The van der Waals surface area contributed by atoms with Gasteiger partial charge in [-0.25, -0.2) is 0 Å². The molecule has 2 aliphatic carbocycles. The Morgan fingerprint density at radius 3 is 2.00 bits per heavy atom. The van der Waals surface area contributed by atoms with Crippen LogP contribution in [0.15, 0.2) is 128 Å². The van der Waals surface area contributed by atoms with Gasteiger partial charge < -0.3 is 0 Å². The zero-order valence-corrected chi connectivity index (χ0v) is 18.8. The Morgan fingerprint density at radius 2 is 1.33 bits per heavy atom. The monoisotopic (exact) mass is 422 g/mol. The van der Waals surface area contributed by atoms with Crippen molar-refractivity contribution in [3.63, 3.8) is 0 Å². The average molecular weight is 423 g/mol. The van der Waals surface area contributed by atoms with Gasteiger partial charge in [-0.2, -0.15) is 0 Å². The first-order valence-corrected chi connectivity index (χ1v) is 11.6. The highest BCUT2D eigenvalue weighted by atomic mass is 14.6. The van der Waals surface area contributed by atoms with Crippen LogP contribution in [0.3, 0.4) is 0 Å². The zero-order chi connectivity index (χ0) is 22.5. The predicted molar refractivity (Wildman–Crippen MR) is 138 cm³/mol. The minimum Gasteiger partial charge on any atom is -0.132 e. The highest BCUT2D eigenvalue weighted by Crippen LogP contribution is 2.62. The molecule has 0 saturated heterocycles. The van der Waals surface area contributed by atoms with Gasteiger partial charge in [0.15, 0.2) is 0 Å². The lowest BCUT2D eigenvalue weighted by atomic mass is 9.52. The summed E-state index contributed by atoms with van der Waals surface area (Å²) in [5, 5.41) is 0. The molecule has 4 aromatic rings. The third-order valence-corrected chi connectivity index (χ3v) is 7.91. The van der Waals surface area contributed by atoms with Crippen LogP contribution in [-0.4, -0.2) is 0 Å². The van der Waals surface area contributed by atoms with Crippen LogP contribution in [0.25, 0.3) is 17.2 Å². The van der Waals surface area contributed by atoms with Gasteiger partial charge in [0.1, 0.15) is 0 Å². The maximum atomic E-state index is 4.05. The molecule has 33 heavy (non-hydrogen) atoms. The highest BCUT2D eigenvalue weighted by molar-refractivity contribution is 5.81. The maximum absolute atomic E-state index is 4.05. The number of rotatable bonds is 4. The van der Waals surface area contributed by atoms with Crippen molar-refractivity contribution in [2.24, 2.45) is 0 Å². The van der Waals surface area contributed by atoms with E-state index in [1.54, 1.807) is 0 Å². The van der Waals surface area contributed by atoms with Crippen molar-refractivity contribution < 1.29 is 0 Å². The van der Waals surface area contributed by atoms with Gasteiger partial charge in [-0.05, 0) is 45.0 Å². The Balaban J connectivity index is 1.74. The third-order valence-electron chi connectivity index (χ3n) is 7.91. The van der Waals surface area contributed by atoms with Gasteiger partial charge in [0.2, 0.25) is 0 Å². The molecule has 2 unspecified atom stereocenters. The van der Waals surface area contributed by atoms with E-state index in [0.29, 0.717) is 0 Å². The zero-order valence-electron chi connectivity index (χ0n) is 18.8. The SMILES string of the molecule is C=C=CC1(C(C)(c2ccccc2)C2c3ccccc3-c3ccccc32)C=Cc2ccccc21. The Kier molecular flexibility index (Phi) is 4.40. The fourth-order valence-electron chi connectivity index (χ4n) is 6.43. The Morgan fingerprint density at radius 1 is 0.758 bits per heavy atom. The lowest BCUT2D eigenvalue weighted by Crippen LogP contribution is -2.48. The van der Waals surface area contributed by atoms with Crippen LogP contribution >= 0.6 is 0 Å². The van der Waals surface area contributed by atoms with E-state index >= 15 is 0 Å². The van der Waals surface area contributed by atoms with E-state index in [9.17, 15) is 0 Å². The summed E-state index contributed by atoms with van der Waals surface area (Å²) in [6.07, 6.45) is 6.86. The fraction of sp³-hybridized carbons (Fsp3) is 0.121. The normalized spacial score (nSPS) is 19.8. The lowest BCUT2D eigenvalue weighted by Gasteiger charge is -2.49. The van der Waals surface area contributed by atoms with Crippen molar-refractivity contribution >= 4 is 6.08 Å². The largest absolute Gasteiger partial charge is 0.132 e. The third kappa shape index (κ3) is 2.59. The topological polar surface area (TPSA) is 0 Å². The summed E-state index contributed by atoms with van der Waals surface area (Å²) in [6.45, 7) is 6.49.